The van der Waals surface area contributed by atoms with E-state index in [2.05, 4.69) is 0 Å². The maximum absolute atomic E-state index is 11.3. The second kappa shape index (κ2) is 4.62. The van der Waals surface area contributed by atoms with Crippen LogP contribution in [-0.2, 0) is 0 Å². The van der Waals surface area contributed by atoms with Gasteiger partial charge < -0.3 is 15.1 Å². The fourth-order valence-electron chi connectivity index (χ4n) is 2.58. The van der Waals surface area contributed by atoms with Gasteiger partial charge in [-0.25, -0.2) is 4.79 Å². The highest BCUT2D eigenvalue weighted by Gasteiger charge is 2.37. The van der Waals surface area contributed by atoms with Crippen LogP contribution in [0, 0.1) is 5.92 Å². The molecule has 2 N–H and O–H groups in total. The smallest absolute Gasteiger partial charge is 0.407 e. The molecule has 0 aromatic rings. The van der Waals surface area contributed by atoms with E-state index in [-0.39, 0.29) is 23.6 Å². The molecule has 1 rings (SSSR count). The predicted octanol–water partition coefficient (Wildman–Crippen LogP) is 2.31. The molecule has 0 aromatic carbocycles. The van der Waals surface area contributed by atoms with Crippen LogP contribution in [0.5, 0.6) is 0 Å². The number of aliphatic hydroxyl groups excluding tert-OH is 1. The normalized spacial score (nSPS) is 31.2. The van der Waals surface area contributed by atoms with Gasteiger partial charge in [0.2, 0.25) is 0 Å². The molecule has 0 spiro atoms. The lowest BCUT2D eigenvalue weighted by Gasteiger charge is -2.43. The fourth-order valence-corrected chi connectivity index (χ4v) is 2.58. The van der Waals surface area contributed by atoms with E-state index in [1.165, 1.54) is 4.90 Å². The monoisotopic (exact) mass is 229 g/mol. The molecule has 3 atom stereocenters. The van der Waals surface area contributed by atoms with Crippen LogP contribution >= 0.6 is 0 Å². The first-order valence-corrected chi connectivity index (χ1v) is 5.94. The van der Waals surface area contributed by atoms with Crippen molar-refractivity contribution in [3.63, 3.8) is 0 Å². The summed E-state index contributed by atoms with van der Waals surface area (Å²) in [7, 11) is 0. The lowest BCUT2D eigenvalue weighted by atomic mass is 9.82. The Bertz CT molecular complexity index is 259. The molecular weight excluding hydrogens is 206 g/mol. The van der Waals surface area contributed by atoms with Crippen LogP contribution in [-0.4, -0.2) is 38.9 Å². The minimum Gasteiger partial charge on any atom is -0.465 e. The van der Waals surface area contributed by atoms with Crippen LogP contribution < -0.4 is 0 Å². The van der Waals surface area contributed by atoms with Gasteiger partial charge in [-0.2, -0.15) is 0 Å². The molecule has 0 unspecified atom stereocenters. The molecule has 0 radical (unpaired) electrons. The molecule has 1 fully saturated rings. The van der Waals surface area contributed by atoms with Gasteiger partial charge in [0.05, 0.1) is 6.10 Å². The molecule has 1 aliphatic carbocycles. The maximum Gasteiger partial charge on any atom is 0.407 e. The van der Waals surface area contributed by atoms with E-state index < -0.39 is 6.09 Å². The highest BCUT2D eigenvalue weighted by Crippen LogP contribution is 2.31. The van der Waals surface area contributed by atoms with Crippen LogP contribution in [0.1, 0.15) is 47.0 Å². The number of hydrogen-bond acceptors (Lipinski definition) is 2. The topological polar surface area (TPSA) is 60.8 Å². The third kappa shape index (κ3) is 2.88. The summed E-state index contributed by atoms with van der Waals surface area (Å²) in [5.41, 5.74) is -0.376. The van der Waals surface area contributed by atoms with Crippen molar-refractivity contribution in [3.05, 3.63) is 0 Å². The van der Waals surface area contributed by atoms with Crippen LogP contribution in [0.2, 0.25) is 0 Å². The molecule has 0 aliphatic heterocycles. The number of rotatable bonds is 1. The number of carboxylic acid groups (broad SMARTS) is 1. The van der Waals surface area contributed by atoms with E-state index in [9.17, 15) is 15.0 Å². The van der Waals surface area contributed by atoms with E-state index in [1.54, 1.807) is 0 Å². The summed E-state index contributed by atoms with van der Waals surface area (Å²) in [6.45, 7) is 7.73. The van der Waals surface area contributed by atoms with Gasteiger partial charge in [0, 0.05) is 11.6 Å². The Balaban J connectivity index is 2.78. The van der Waals surface area contributed by atoms with Crippen LogP contribution in [0.15, 0.2) is 0 Å². The lowest BCUT2D eigenvalue weighted by molar-refractivity contribution is 0.00609. The number of amides is 1. The zero-order valence-corrected chi connectivity index (χ0v) is 10.6. The van der Waals surface area contributed by atoms with E-state index in [0.717, 1.165) is 12.8 Å². The van der Waals surface area contributed by atoms with Crippen molar-refractivity contribution in [1.82, 2.24) is 4.90 Å². The Morgan fingerprint density at radius 3 is 2.25 bits per heavy atom. The maximum atomic E-state index is 11.3. The standard InChI is InChI=1S/C12H23NO3/c1-8-7-9(5-6-10(8)14)13(11(15)16)12(2,3)4/h8-10,14H,5-7H2,1-4H3,(H,15,16)/t8-,9-,10+/m1/s1. The van der Waals surface area contributed by atoms with Crippen molar-refractivity contribution < 1.29 is 15.0 Å². The van der Waals surface area contributed by atoms with E-state index >= 15 is 0 Å². The van der Waals surface area contributed by atoms with Crippen LogP contribution in [0.25, 0.3) is 0 Å². The van der Waals surface area contributed by atoms with E-state index in [1.807, 2.05) is 27.7 Å². The summed E-state index contributed by atoms with van der Waals surface area (Å²) in [4.78, 5) is 12.8. The molecular formula is C12H23NO3. The SMILES string of the molecule is C[C@@H]1C[C@H](N(C(=O)O)C(C)(C)C)CC[C@@H]1O. The number of nitrogens with zero attached hydrogens (tertiary/aromatic N) is 1. The van der Waals surface area contributed by atoms with Crippen molar-refractivity contribution in [1.29, 1.82) is 0 Å². The molecule has 0 aromatic heterocycles. The minimum atomic E-state index is -0.860. The average molecular weight is 229 g/mol. The number of aliphatic hydroxyl groups is 1. The van der Waals surface area contributed by atoms with Gasteiger partial charge in [0.1, 0.15) is 0 Å². The van der Waals surface area contributed by atoms with E-state index in [0.29, 0.717) is 6.42 Å². The zero-order valence-electron chi connectivity index (χ0n) is 10.6. The van der Waals surface area contributed by atoms with Crippen LogP contribution in [0.3, 0.4) is 0 Å². The molecule has 0 bridgehead atoms. The Morgan fingerprint density at radius 1 is 1.31 bits per heavy atom. The molecule has 4 heteroatoms. The Labute approximate surface area is 97.3 Å². The van der Waals surface area contributed by atoms with Crippen molar-refractivity contribution >= 4 is 6.09 Å². The summed E-state index contributed by atoms with van der Waals surface area (Å²) in [6.07, 6.45) is 1.08. The van der Waals surface area contributed by atoms with Gasteiger partial charge >= 0.3 is 6.09 Å². The quantitative estimate of drug-likeness (QED) is 0.725. The van der Waals surface area contributed by atoms with E-state index in [4.69, 9.17) is 0 Å². The molecule has 0 heterocycles. The van der Waals surface area contributed by atoms with Gasteiger partial charge in [0.25, 0.3) is 0 Å². The largest absolute Gasteiger partial charge is 0.465 e. The average Bonchev–Trinajstić information content (AvgIpc) is 2.08. The first-order valence-electron chi connectivity index (χ1n) is 5.94. The van der Waals surface area contributed by atoms with Crippen molar-refractivity contribution in [3.8, 4) is 0 Å². The minimum absolute atomic E-state index is 0.0379. The second-order valence-corrected chi connectivity index (χ2v) is 5.83. The van der Waals surface area contributed by atoms with Gasteiger partial charge in [-0.1, -0.05) is 6.92 Å². The summed E-state index contributed by atoms with van der Waals surface area (Å²) < 4.78 is 0. The molecule has 1 aliphatic rings. The second-order valence-electron chi connectivity index (χ2n) is 5.83. The number of hydrogen-bond donors (Lipinski definition) is 2. The Hall–Kier alpha value is -0.770. The van der Waals surface area contributed by atoms with Crippen LogP contribution in [0.4, 0.5) is 4.79 Å². The summed E-state index contributed by atoms with van der Waals surface area (Å²) in [5, 5.41) is 18.9. The first-order chi connectivity index (χ1) is 7.23. The highest BCUT2D eigenvalue weighted by molar-refractivity contribution is 5.66. The van der Waals surface area contributed by atoms with Gasteiger partial charge in [0.15, 0.2) is 0 Å². The zero-order chi connectivity index (χ0) is 12.5. The highest BCUT2D eigenvalue weighted by atomic mass is 16.4. The summed E-state index contributed by atoms with van der Waals surface area (Å²) >= 11 is 0. The first kappa shape index (κ1) is 13.3. The van der Waals surface area contributed by atoms with Gasteiger partial charge in [-0.05, 0) is 46.0 Å². The Morgan fingerprint density at radius 2 is 1.88 bits per heavy atom. The number of carbonyl (C=O) groups is 1. The van der Waals surface area contributed by atoms with Gasteiger partial charge in [-0.15, -0.1) is 0 Å². The summed E-state index contributed by atoms with van der Waals surface area (Å²) in [5.74, 6) is 0.183. The third-order valence-electron chi connectivity index (χ3n) is 3.39. The van der Waals surface area contributed by atoms with Crippen molar-refractivity contribution in [2.24, 2.45) is 5.92 Å². The molecule has 0 saturated heterocycles. The third-order valence-corrected chi connectivity index (χ3v) is 3.39. The molecule has 1 saturated carbocycles. The summed E-state index contributed by atoms with van der Waals surface area (Å²) in [6, 6.07) is 0.0379. The lowest BCUT2D eigenvalue weighted by Crippen LogP contribution is -2.53. The molecule has 94 valence electrons. The Kier molecular flexibility index (Phi) is 3.84. The van der Waals surface area contributed by atoms with Gasteiger partial charge in [-0.3, -0.25) is 0 Å². The molecule has 4 nitrogen and oxygen atoms in total. The predicted molar refractivity (Wildman–Crippen MR) is 62.4 cm³/mol. The van der Waals surface area contributed by atoms with Crippen molar-refractivity contribution in [2.45, 2.75) is 64.6 Å². The molecule has 16 heavy (non-hydrogen) atoms. The molecule has 1 amide bonds. The fraction of sp³-hybridized carbons (Fsp3) is 0.917. The van der Waals surface area contributed by atoms with Crippen molar-refractivity contribution in [2.75, 3.05) is 0 Å².